The number of fused-ring (bicyclic) bond motifs is 1. The molecule has 1 aliphatic rings. The fourth-order valence-electron chi connectivity index (χ4n) is 2.93. The van der Waals surface area contributed by atoms with Gasteiger partial charge in [-0.2, -0.15) is 0 Å². The monoisotopic (exact) mass is 545 g/mol. The van der Waals surface area contributed by atoms with Crippen molar-refractivity contribution in [2.24, 2.45) is 0 Å². The van der Waals surface area contributed by atoms with Crippen LogP contribution >= 0.6 is 34.4 Å². The number of aromatic nitrogens is 4. The third-order valence-electron chi connectivity index (χ3n) is 4.24. The van der Waals surface area contributed by atoms with Crippen LogP contribution in [0.3, 0.4) is 0 Å². The lowest BCUT2D eigenvalue weighted by molar-refractivity contribution is -0.0478. The van der Waals surface area contributed by atoms with Crippen LogP contribution in [-0.4, -0.2) is 89.1 Å². The van der Waals surface area contributed by atoms with Crippen LogP contribution < -0.4 is 5.73 Å². The molecule has 1 saturated heterocycles. The molecule has 33 heavy (non-hydrogen) atoms. The Balaban J connectivity index is 1.73. The Morgan fingerprint density at radius 3 is 2.52 bits per heavy atom. The van der Waals surface area contributed by atoms with Gasteiger partial charge < -0.3 is 39.9 Å². The van der Waals surface area contributed by atoms with Crippen molar-refractivity contribution in [2.45, 2.75) is 29.7 Å². The molecule has 1 fully saturated rings. The SMILES string of the molecule is [B]P(=O)(OCC1OC(n2cnc3c(N)nc(SC)nc32)C(O)C1O)OP(=O)(O)CP(=O)(O)O. The third-order valence-corrected chi connectivity index (χ3v) is 10.1. The van der Waals surface area contributed by atoms with Crippen LogP contribution in [0.5, 0.6) is 0 Å². The number of aliphatic hydroxyl groups excluding tert-OH is 2. The molecule has 2 aromatic rings. The number of nitrogen functional groups attached to an aromatic ring is 1. The van der Waals surface area contributed by atoms with Gasteiger partial charge in [-0.25, -0.2) is 19.3 Å². The Bertz CT molecular complexity index is 1180. The number of anilines is 1. The van der Waals surface area contributed by atoms with Gasteiger partial charge in [0.15, 0.2) is 28.8 Å². The lowest BCUT2D eigenvalue weighted by Crippen LogP contribution is -2.33. The average molecular weight is 545 g/mol. The Morgan fingerprint density at radius 1 is 1.24 bits per heavy atom. The highest BCUT2D eigenvalue weighted by molar-refractivity contribution is 7.98. The molecule has 3 rings (SSSR count). The molecular formula is C12H19BN5O11P3S. The molecule has 0 bridgehead atoms. The van der Waals surface area contributed by atoms with Gasteiger partial charge in [0.2, 0.25) is 7.57 Å². The van der Waals surface area contributed by atoms with Gasteiger partial charge in [-0.3, -0.25) is 18.3 Å². The largest absolute Gasteiger partial charge is 0.387 e. The summed E-state index contributed by atoms with van der Waals surface area (Å²) in [6, 6.07) is 0. The molecule has 0 amide bonds. The average Bonchev–Trinajstić information content (AvgIpc) is 3.19. The highest BCUT2D eigenvalue weighted by Crippen LogP contribution is 2.64. The van der Waals surface area contributed by atoms with E-state index in [9.17, 15) is 28.8 Å². The van der Waals surface area contributed by atoms with Crippen molar-refractivity contribution < 1.29 is 52.2 Å². The van der Waals surface area contributed by atoms with Crippen LogP contribution in [0.4, 0.5) is 5.82 Å². The van der Waals surface area contributed by atoms with Crippen LogP contribution in [0.15, 0.2) is 11.5 Å². The molecule has 0 saturated carbocycles. The van der Waals surface area contributed by atoms with Crippen LogP contribution in [0.2, 0.25) is 0 Å². The van der Waals surface area contributed by atoms with Gasteiger partial charge >= 0.3 is 15.2 Å². The van der Waals surface area contributed by atoms with Crippen molar-refractivity contribution in [1.29, 1.82) is 0 Å². The maximum Gasteiger partial charge on any atom is 0.346 e. The zero-order chi connectivity index (χ0) is 24.8. The summed E-state index contributed by atoms with van der Waals surface area (Å²) in [5.41, 5.74) is 6.28. The second kappa shape index (κ2) is 9.65. The molecule has 0 aromatic carbocycles. The van der Waals surface area contributed by atoms with Gasteiger partial charge in [0.1, 0.15) is 23.8 Å². The van der Waals surface area contributed by atoms with Crippen LogP contribution in [0, 0.1) is 0 Å². The summed E-state index contributed by atoms with van der Waals surface area (Å²) in [5.74, 6) is -1.55. The first-order valence-electron chi connectivity index (χ1n) is 8.79. The standard InChI is InChI=1S/C12H19BN5O11P3S/c1-33-12-16-9(14)6-10(17-12)18(3-15-6)11-8(20)7(19)5(28-11)2-27-32(13,26)29-31(24,25)4-30(21,22)23/h3,5,7-8,11,19-20H,2,4H2,1H3,(H,24,25)(H2,14,16,17)(H2,21,22,23). The van der Waals surface area contributed by atoms with E-state index in [4.69, 9.17) is 32.3 Å². The zero-order valence-corrected chi connectivity index (χ0v) is 20.2. The van der Waals surface area contributed by atoms with Crippen molar-refractivity contribution in [1.82, 2.24) is 19.5 Å². The van der Waals surface area contributed by atoms with E-state index < -0.39 is 59.7 Å². The van der Waals surface area contributed by atoms with Crippen LogP contribution in [0.25, 0.3) is 11.2 Å². The van der Waals surface area contributed by atoms with Crippen molar-refractivity contribution in [3.63, 3.8) is 0 Å². The smallest absolute Gasteiger partial charge is 0.346 e. The Labute approximate surface area is 191 Å². The van der Waals surface area contributed by atoms with Crippen molar-refractivity contribution in [2.75, 3.05) is 24.5 Å². The van der Waals surface area contributed by atoms with Crippen LogP contribution in [0.1, 0.15) is 6.23 Å². The molecule has 0 aliphatic carbocycles. The van der Waals surface area contributed by atoms with Gasteiger partial charge in [-0.1, -0.05) is 11.8 Å². The Hall–Kier alpha value is -0.865. The minimum absolute atomic E-state index is 0.0842. The molecule has 16 nitrogen and oxygen atoms in total. The summed E-state index contributed by atoms with van der Waals surface area (Å²) < 4.78 is 50.6. The second-order valence-corrected chi connectivity index (χ2v) is 13.3. The first-order valence-corrected chi connectivity index (χ1v) is 15.2. The second-order valence-electron chi connectivity index (χ2n) is 6.83. The van der Waals surface area contributed by atoms with Gasteiger partial charge in [-0.15, -0.1) is 0 Å². The maximum atomic E-state index is 12.2. The predicted octanol–water partition coefficient (Wildman–Crippen LogP) is -0.620. The predicted molar refractivity (Wildman–Crippen MR) is 115 cm³/mol. The van der Waals surface area contributed by atoms with E-state index in [-0.39, 0.29) is 17.0 Å². The van der Waals surface area contributed by atoms with E-state index in [1.54, 1.807) is 6.26 Å². The van der Waals surface area contributed by atoms with Gasteiger partial charge in [0, 0.05) is 0 Å². The summed E-state index contributed by atoms with van der Waals surface area (Å²) in [7, 11) is -9.69. The molecule has 2 radical (unpaired) electrons. The van der Waals surface area contributed by atoms with E-state index in [1.165, 1.54) is 22.7 Å². The number of ether oxygens (including phenoxy) is 1. The Kier molecular flexibility index (Phi) is 7.82. The van der Waals surface area contributed by atoms with E-state index >= 15 is 0 Å². The van der Waals surface area contributed by atoms with E-state index in [0.29, 0.717) is 5.16 Å². The molecule has 0 spiro atoms. The number of thioether (sulfide) groups is 1. The third kappa shape index (κ3) is 6.43. The number of imidazole rings is 1. The van der Waals surface area contributed by atoms with Gasteiger partial charge in [-0.05, 0) is 6.26 Å². The van der Waals surface area contributed by atoms with Gasteiger partial charge in [0.05, 0.1) is 12.9 Å². The lowest BCUT2D eigenvalue weighted by Gasteiger charge is -2.21. The summed E-state index contributed by atoms with van der Waals surface area (Å²) in [6.45, 7) is -0.780. The quantitative estimate of drug-likeness (QED) is 0.0994. The van der Waals surface area contributed by atoms with Gasteiger partial charge in [0.25, 0.3) is 7.47 Å². The number of nitrogens with two attached hydrogens (primary N) is 1. The summed E-state index contributed by atoms with van der Waals surface area (Å²) in [4.78, 5) is 39.4. The normalized spacial score (nSPS) is 27.5. The molecule has 6 atom stereocenters. The number of rotatable bonds is 9. The fourth-order valence-corrected chi connectivity index (χ4v) is 7.80. The molecule has 1 aliphatic heterocycles. The molecule has 3 heterocycles. The molecule has 182 valence electrons. The van der Waals surface area contributed by atoms with E-state index in [2.05, 4.69) is 19.3 Å². The minimum Gasteiger partial charge on any atom is -0.387 e. The first-order chi connectivity index (χ1) is 15.1. The van der Waals surface area contributed by atoms with Crippen molar-refractivity contribution in [3.8, 4) is 0 Å². The Morgan fingerprint density at radius 2 is 1.91 bits per heavy atom. The fraction of sp³-hybridized carbons (Fsp3) is 0.583. The lowest BCUT2D eigenvalue weighted by atomic mass is 10.1. The zero-order valence-electron chi connectivity index (χ0n) is 16.7. The molecular weight excluding hydrogens is 526 g/mol. The topological polar surface area (TPSA) is 250 Å². The first kappa shape index (κ1) is 26.7. The highest BCUT2D eigenvalue weighted by Gasteiger charge is 2.46. The molecule has 21 heteroatoms. The number of hydrogen-bond acceptors (Lipinski definition) is 13. The van der Waals surface area contributed by atoms with E-state index in [0.717, 1.165) is 0 Å². The van der Waals surface area contributed by atoms with Crippen LogP contribution in [-0.2, 0) is 27.3 Å². The molecule has 2 aromatic heterocycles. The summed E-state index contributed by atoms with van der Waals surface area (Å²) in [5, 5.41) is 21.1. The highest BCUT2D eigenvalue weighted by atomic mass is 32.2. The number of aliphatic hydroxyl groups is 2. The minimum atomic E-state index is -5.09. The number of hydrogen-bond donors (Lipinski definition) is 6. The molecule has 7 N–H and O–H groups in total. The van der Waals surface area contributed by atoms with E-state index in [1.807, 2.05) is 0 Å². The van der Waals surface area contributed by atoms with Crippen molar-refractivity contribution >= 4 is 59.0 Å². The summed E-state index contributed by atoms with van der Waals surface area (Å²) >= 11 is 1.21. The van der Waals surface area contributed by atoms with Crippen molar-refractivity contribution in [3.05, 3.63) is 6.33 Å². The maximum absolute atomic E-state index is 12.2. The summed E-state index contributed by atoms with van der Waals surface area (Å²) in [6.07, 6.45) is -2.74. The number of nitrogens with zero attached hydrogens (tertiary/aromatic N) is 4. The molecule has 6 unspecified atom stereocenters.